The third kappa shape index (κ3) is 7.82. The van der Waals surface area contributed by atoms with Crippen LogP contribution in [0.4, 0.5) is 18.9 Å². The van der Waals surface area contributed by atoms with E-state index < -0.39 is 29.4 Å². The molecule has 2 heterocycles. The third-order valence-corrected chi connectivity index (χ3v) is 5.42. The van der Waals surface area contributed by atoms with Crippen molar-refractivity contribution < 1.29 is 22.8 Å². The minimum Gasteiger partial charge on any atom is -0.320 e. The van der Waals surface area contributed by atoms with Gasteiger partial charge >= 0.3 is 6.18 Å². The molecule has 0 spiro atoms. The largest absolute Gasteiger partial charge is 0.435 e. The number of nitrogens with one attached hydrogen (secondary N) is 3. The molecule has 9 nitrogen and oxygen atoms in total. The van der Waals surface area contributed by atoms with Crippen molar-refractivity contribution in [1.82, 2.24) is 29.3 Å². The Labute approximate surface area is 225 Å². The number of pyridine rings is 1. The summed E-state index contributed by atoms with van der Waals surface area (Å²) in [5, 5.41) is 6.18. The summed E-state index contributed by atoms with van der Waals surface area (Å²) >= 11 is 13.3. The van der Waals surface area contributed by atoms with Gasteiger partial charge in [0.25, 0.3) is 11.8 Å². The molecule has 3 aromatic rings. The predicted octanol–water partition coefficient (Wildman–Crippen LogP) is 5.54. The number of anilines is 1. The van der Waals surface area contributed by atoms with E-state index in [2.05, 4.69) is 25.7 Å². The molecule has 3 N–H and O–H groups in total. The summed E-state index contributed by atoms with van der Waals surface area (Å²) < 4.78 is 42.6. The molecule has 0 fully saturated rings. The molecule has 0 saturated carbocycles. The van der Waals surface area contributed by atoms with Crippen molar-refractivity contribution >= 4 is 52.8 Å². The number of hydrogen-bond acceptors (Lipinski definition) is 7. The van der Waals surface area contributed by atoms with Crippen LogP contribution in [0, 0.1) is 6.92 Å². The molecule has 0 aliphatic rings. The van der Waals surface area contributed by atoms with E-state index in [0.29, 0.717) is 16.3 Å². The van der Waals surface area contributed by atoms with E-state index in [1.54, 1.807) is 25.3 Å². The van der Waals surface area contributed by atoms with Gasteiger partial charge in [0.15, 0.2) is 11.5 Å². The quantitative estimate of drug-likeness (QED) is 0.250. The summed E-state index contributed by atoms with van der Waals surface area (Å²) in [5.74, 6) is -1.80. The summed E-state index contributed by atoms with van der Waals surface area (Å²) in [6, 6.07) is 6.25. The standard InChI is InChI=1S/C20H18Cl2F3N7O2S.C2H6/c1-10-7-11(21)8-12(18(33)28-30-35-31(2)3)16(10)27-19(34)14-9-15(20(23,24)25)29-32(14)17-13(22)5-4-6-26-17;1-2/h4-9,30H,1-3H3,(H,27,34)(H,28,33);1-2H3. The van der Waals surface area contributed by atoms with Gasteiger partial charge in [-0.05, 0) is 50.8 Å². The van der Waals surface area contributed by atoms with Crippen LogP contribution in [0.5, 0.6) is 0 Å². The number of aromatic nitrogens is 3. The zero-order valence-corrected chi connectivity index (χ0v) is 22.7. The van der Waals surface area contributed by atoms with Crippen LogP contribution in [0.2, 0.25) is 10.0 Å². The number of aryl methyl sites for hydroxylation is 1. The van der Waals surface area contributed by atoms with Crippen LogP contribution in [0.15, 0.2) is 36.5 Å². The summed E-state index contributed by atoms with van der Waals surface area (Å²) in [7, 11) is 3.48. The molecular weight excluding hydrogens is 554 g/mol. The summed E-state index contributed by atoms with van der Waals surface area (Å²) in [4.78, 5) is 32.5. The molecule has 2 aromatic heterocycles. The van der Waals surface area contributed by atoms with Crippen LogP contribution in [0.1, 0.15) is 46.0 Å². The van der Waals surface area contributed by atoms with Crippen LogP contribution >= 0.6 is 35.3 Å². The first-order chi connectivity index (χ1) is 17.4. The lowest BCUT2D eigenvalue weighted by Crippen LogP contribution is -2.35. The third-order valence-electron chi connectivity index (χ3n) is 4.35. The van der Waals surface area contributed by atoms with Gasteiger partial charge in [0.1, 0.15) is 5.69 Å². The first kappa shape index (κ1) is 30.4. The van der Waals surface area contributed by atoms with Crippen molar-refractivity contribution in [3.05, 3.63) is 69.1 Å². The van der Waals surface area contributed by atoms with Gasteiger partial charge in [0.2, 0.25) is 0 Å². The van der Waals surface area contributed by atoms with E-state index in [0.717, 1.165) is 12.1 Å². The first-order valence-electron chi connectivity index (χ1n) is 10.7. The Morgan fingerprint density at radius 2 is 1.78 bits per heavy atom. The van der Waals surface area contributed by atoms with E-state index in [1.165, 1.54) is 30.5 Å². The number of rotatable bonds is 7. The molecule has 0 aliphatic heterocycles. The van der Waals surface area contributed by atoms with E-state index >= 15 is 0 Å². The van der Waals surface area contributed by atoms with Gasteiger partial charge in [0, 0.05) is 29.4 Å². The number of alkyl halides is 3. The molecule has 0 bridgehead atoms. The second kappa shape index (κ2) is 13.1. The Balaban J connectivity index is 0.00000235. The molecule has 1 aromatic carbocycles. The highest BCUT2D eigenvalue weighted by molar-refractivity contribution is 7.95. The fourth-order valence-electron chi connectivity index (χ4n) is 2.87. The summed E-state index contributed by atoms with van der Waals surface area (Å²) in [6.45, 7) is 5.58. The Hall–Kier alpha value is -2.84. The average Bonchev–Trinajstić information content (AvgIpc) is 3.28. The Bertz CT molecular complexity index is 1270. The highest BCUT2D eigenvalue weighted by Crippen LogP contribution is 2.31. The van der Waals surface area contributed by atoms with Gasteiger partial charge in [-0.3, -0.25) is 15.0 Å². The van der Waals surface area contributed by atoms with Crippen molar-refractivity contribution in [3.8, 4) is 5.82 Å². The molecule has 0 unspecified atom stereocenters. The molecule has 0 saturated heterocycles. The Kier molecular flexibility index (Phi) is 10.8. The molecule has 0 radical (unpaired) electrons. The minimum atomic E-state index is -4.83. The number of nitrogens with zero attached hydrogens (tertiary/aromatic N) is 4. The van der Waals surface area contributed by atoms with E-state index in [9.17, 15) is 22.8 Å². The number of hydrazine groups is 1. The van der Waals surface area contributed by atoms with Crippen molar-refractivity contribution in [1.29, 1.82) is 0 Å². The highest BCUT2D eigenvalue weighted by Gasteiger charge is 2.36. The van der Waals surface area contributed by atoms with Crippen LogP contribution in [0.25, 0.3) is 5.82 Å². The van der Waals surface area contributed by atoms with Crippen molar-refractivity contribution in [2.75, 3.05) is 19.4 Å². The maximum atomic E-state index is 13.4. The maximum absolute atomic E-state index is 13.4. The van der Waals surface area contributed by atoms with Gasteiger partial charge in [-0.15, -0.1) is 0 Å². The summed E-state index contributed by atoms with van der Waals surface area (Å²) in [5.41, 5.74) is 1.04. The lowest BCUT2D eigenvalue weighted by Gasteiger charge is -2.16. The average molecular weight is 578 g/mol. The van der Waals surface area contributed by atoms with Crippen LogP contribution in [-0.4, -0.2) is 45.0 Å². The van der Waals surface area contributed by atoms with Crippen molar-refractivity contribution in [2.45, 2.75) is 26.9 Å². The monoisotopic (exact) mass is 577 g/mol. The number of halogens is 5. The van der Waals surface area contributed by atoms with Gasteiger partial charge in [-0.25, -0.2) is 14.0 Å². The van der Waals surface area contributed by atoms with Gasteiger partial charge in [-0.2, -0.15) is 23.1 Å². The fourth-order valence-corrected chi connectivity index (χ4v) is 3.66. The Morgan fingerprint density at radius 1 is 1.11 bits per heavy atom. The van der Waals surface area contributed by atoms with Gasteiger partial charge < -0.3 is 5.32 Å². The molecule has 37 heavy (non-hydrogen) atoms. The van der Waals surface area contributed by atoms with E-state index in [1.807, 2.05) is 13.8 Å². The predicted molar refractivity (Wildman–Crippen MR) is 139 cm³/mol. The van der Waals surface area contributed by atoms with Gasteiger partial charge in [-0.1, -0.05) is 37.0 Å². The summed E-state index contributed by atoms with van der Waals surface area (Å²) in [6.07, 6.45) is -3.54. The van der Waals surface area contributed by atoms with Crippen molar-refractivity contribution in [2.24, 2.45) is 0 Å². The number of benzene rings is 1. The van der Waals surface area contributed by atoms with Crippen LogP contribution in [-0.2, 0) is 6.18 Å². The highest BCUT2D eigenvalue weighted by atomic mass is 35.5. The zero-order valence-electron chi connectivity index (χ0n) is 20.4. The van der Waals surface area contributed by atoms with Crippen LogP contribution in [0.3, 0.4) is 0 Å². The molecule has 3 rings (SSSR count). The van der Waals surface area contributed by atoms with E-state index in [-0.39, 0.29) is 27.1 Å². The number of hydrogen-bond donors (Lipinski definition) is 3. The minimum absolute atomic E-state index is 0.0202. The molecular formula is C22H24Cl2F3N7O2S. The molecule has 200 valence electrons. The zero-order chi connectivity index (χ0) is 27.9. The van der Waals surface area contributed by atoms with Crippen molar-refractivity contribution in [3.63, 3.8) is 0 Å². The lowest BCUT2D eigenvalue weighted by molar-refractivity contribution is -0.141. The topological polar surface area (TPSA) is 104 Å². The molecule has 2 amide bonds. The SMILES string of the molecule is CC.Cc1cc(Cl)cc(C(=O)NNSN(C)C)c1NC(=O)c1cc(C(F)(F)F)nn1-c1ncccc1Cl. The maximum Gasteiger partial charge on any atom is 0.435 e. The first-order valence-corrected chi connectivity index (χ1v) is 12.2. The number of amides is 2. The molecule has 0 aliphatic carbocycles. The van der Waals surface area contributed by atoms with Crippen LogP contribution < -0.4 is 15.6 Å². The lowest BCUT2D eigenvalue weighted by atomic mass is 10.1. The second-order valence-corrected chi connectivity index (χ2v) is 9.15. The Morgan fingerprint density at radius 3 is 2.38 bits per heavy atom. The van der Waals surface area contributed by atoms with E-state index in [4.69, 9.17) is 23.2 Å². The van der Waals surface area contributed by atoms with Gasteiger partial charge in [0.05, 0.1) is 16.3 Å². The smallest absolute Gasteiger partial charge is 0.320 e. The number of carbonyl (C=O) groups is 2. The normalized spacial score (nSPS) is 11.1. The number of carbonyl (C=O) groups excluding carboxylic acids is 2. The fraction of sp³-hybridized carbons (Fsp3) is 0.273. The molecule has 15 heteroatoms. The second-order valence-electron chi connectivity index (χ2n) is 7.19. The molecule has 0 atom stereocenters.